The van der Waals surface area contributed by atoms with Crippen molar-refractivity contribution in [1.29, 1.82) is 5.26 Å². The van der Waals surface area contributed by atoms with Crippen molar-refractivity contribution in [3.8, 4) is 6.07 Å². The first-order chi connectivity index (χ1) is 9.19. The zero-order valence-electron chi connectivity index (χ0n) is 9.79. The Morgan fingerprint density at radius 1 is 1.40 bits per heavy atom. The second-order valence-corrected chi connectivity index (χ2v) is 4.49. The number of hydrogen-bond acceptors (Lipinski definition) is 4. The molecule has 9 heteroatoms. The number of carbonyl (C=O) groups is 1. The van der Waals surface area contributed by atoms with Crippen molar-refractivity contribution in [3.63, 3.8) is 0 Å². The maximum atomic E-state index is 12.8. The highest BCUT2D eigenvalue weighted by Crippen LogP contribution is 2.40. The van der Waals surface area contributed by atoms with Crippen molar-refractivity contribution in [2.45, 2.75) is 16.8 Å². The van der Waals surface area contributed by atoms with Crippen LogP contribution >= 0.6 is 11.8 Å². The SMILES string of the molecule is COC(=O)c1cc(C#N)c(SC(F)(F)F)cc1C(F)F. The molecular weight excluding hydrogens is 305 g/mol. The Kier molecular flexibility index (Phi) is 4.94. The highest BCUT2D eigenvalue weighted by atomic mass is 32.2. The first-order valence-electron chi connectivity index (χ1n) is 4.90. The summed E-state index contributed by atoms with van der Waals surface area (Å²) in [5, 5.41) is 8.75. The third-order valence-corrected chi connectivity index (χ3v) is 2.93. The van der Waals surface area contributed by atoms with Crippen molar-refractivity contribution in [2.75, 3.05) is 7.11 Å². The monoisotopic (exact) mass is 311 g/mol. The molecule has 20 heavy (non-hydrogen) atoms. The molecule has 0 spiro atoms. The van der Waals surface area contributed by atoms with Crippen molar-refractivity contribution in [2.24, 2.45) is 0 Å². The van der Waals surface area contributed by atoms with Crippen molar-refractivity contribution >= 4 is 17.7 Å². The number of methoxy groups -OCH3 is 1. The van der Waals surface area contributed by atoms with Crippen LogP contribution in [-0.2, 0) is 4.74 Å². The predicted molar refractivity (Wildman–Crippen MR) is 59.4 cm³/mol. The number of rotatable bonds is 3. The molecule has 3 nitrogen and oxygen atoms in total. The predicted octanol–water partition coefficient (Wildman–Crippen LogP) is 3.89. The highest BCUT2D eigenvalue weighted by Gasteiger charge is 2.32. The second kappa shape index (κ2) is 6.09. The summed E-state index contributed by atoms with van der Waals surface area (Å²) < 4.78 is 66.7. The molecule has 0 aliphatic rings. The Balaban J connectivity index is 3.46. The van der Waals surface area contributed by atoms with Gasteiger partial charge >= 0.3 is 11.5 Å². The van der Waals surface area contributed by atoms with Crippen LogP contribution in [0.3, 0.4) is 0 Å². The first kappa shape index (κ1) is 16.2. The molecule has 0 aromatic heterocycles. The van der Waals surface area contributed by atoms with Crippen LogP contribution in [0.2, 0.25) is 0 Å². The lowest BCUT2D eigenvalue weighted by atomic mass is 10.0. The molecule has 0 amide bonds. The van der Waals surface area contributed by atoms with E-state index in [9.17, 15) is 26.7 Å². The summed E-state index contributed by atoms with van der Waals surface area (Å²) in [5.74, 6) is -1.15. The van der Waals surface area contributed by atoms with Crippen molar-refractivity contribution in [3.05, 3.63) is 28.8 Å². The Morgan fingerprint density at radius 2 is 2.00 bits per heavy atom. The van der Waals surface area contributed by atoms with Gasteiger partial charge < -0.3 is 4.74 Å². The van der Waals surface area contributed by atoms with Crippen LogP contribution in [0.5, 0.6) is 0 Å². The number of esters is 1. The number of nitrogens with zero attached hydrogens (tertiary/aromatic N) is 1. The van der Waals surface area contributed by atoms with Gasteiger partial charge in [0.1, 0.15) is 6.07 Å². The van der Waals surface area contributed by atoms with E-state index in [1.165, 1.54) is 6.07 Å². The molecule has 0 aliphatic carbocycles. The molecule has 0 aliphatic heterocycles. The summed E-state index contributed by atoms with van der Waals surface area (Å²) >= 11 is -0.696. The molecule has 0 unspecified atom stereocenters. The lowest BCUT2D eigenvalue weighted by Crippen LogP contribution is -2.09. The Hall–Kier alpha value is -1.82. The van der Waals surface area contributed by atoms with E-state index in [2.05, 4.69) is 4.74 Å². The average molecular weight is 311 g/mol. The number of nitriles is 1. The second-order valence-electron chi connectivity index (χ2n) is 3.39. The fraction of sp³-hybridized carbons (Fsp3) is 0.273. The molecule has 0 heterocycles. The average Bonchev–Trinajstić information content (AvgIpc) is 2.35. The van der Waals surface area contributed by atoms with E-state index >= 15 is 0 Å². The number of ether oxygens (including phenoxy) is 1. The Labute approximate surface area is 114 Å². The molecule has 1 aromatic rings. The quantitative estimate of drug-likeness (QED) is 0.483. The third-order valence-electron chi connectivity index (χ3n) is 2.14. The summed E-state index contributed by atoms with van der Waals surface area (Å²) in [6, 6.07) is 2.58. The maximum absolute atomic E-state index is 12.8. The minimum absolute atomic E-state index is 0.480. The van der Waals surface area contributed by atoms with E-state index in [4.69, 9.17) is 5.26 Å². The highest BCUT2D eigenvalue weighted by molar-refractivity contribution is 8.00. The van der Waals surface area contributed by atoms with Crippen LogP contribution in [-0.4, -0.2) is 18.6 Å². The van der Waals surface area contributed by atoms with E-state index in [1.807, 2.05) is 0 Å². The zero-order chi connectivity index (χ0) is 15.5. The smallest absolute Gasteiger partial charge is 0.446 e. The summed E-state index contributed by atoms with van der Waals surface area (Å²) in [6.45, 7) is 0. The van der Waals surface area contributed by atoms with Gasteiger partial charge in [-0.2, -0.15) is 18.4 Å². The molecule has 108 valence electrons. The molecule has 0 bridgehead atoms. The van der Waals surface area contributed by atoms with Gasteiger partial charge in [-0.1, -0.05) is 0 Å². The normalized spacial score (nSPS) is 11.3. The molecule has 1 aromatic carbocycles. The Morgan fingerprint density at radius 3 is 2.40 bits per heavy atom. The van der Waals surface area contributed by atoms with E-state index in [-0.39, 0.29) is 0 Å². The van der Waals surface area contributed by atoms with Crippen LogP contribution < -0.4 is 0 Å². The summed E-state index contributed by atoms with van der Waals surface area (Å²) in [5.41, 5.74) is -6.82. The lowest BCUT2D eigenvalue weighted by Gasteiger charge is -2.12. The third kappa shape index (κ3) is 3.84. The molecule has 1 rings (SSSR count). The van der Waals surface area contributed by atoms with Crippen LogP contribution in [0.15, 0.2) is 17.0 Å². The minimum atomic E-state index is -4.74. The fourth-order valence-corrected chi connectivity index (χ4v) is 2.01. The number of thioether (sulfide) groups is 1. The van der Waals surface area contributed by atoms with E-state index in [1.54, 1.807) is 0 Å². The van der Waals surface area contributed by atoms with Gasteiger partial charge in [0.2, 0.25) is 0 Å². The van der Waals surface area contributed by atoms with Gasteiger partial charge in [-0.15, -0.1) is 0 Å². The maximum Gasteiger partial charge on any atom is 0.446 e. The van der Waals surface area contributed by atoms with Gasteiger partial charge in [0.05, 0.1) is 18.2 Å². The number of alkyl halides is 5. The molecule has 0 radical (unpaired) electrons. The molecule has 0 atom stereocenters. The molecule has 0 N–H and O–H groups in total. The van der Waals surface area contributed by atoms with Crippen molar-refractivity contribution in [1.82, 2.24) is 0 Å². The van der Waals surface area contributed by atoms with Crippen LogP contribution in [0.4, 0.5) is 22.0 Å². The number of halogens is 5. The lowest BCUT2D eigenvalue weighted by molar-refractivity contribution is -0.0328. The molecule has 0 saturated carbocycles. The van der Waals surface area contributed by atoms with E-state index < -0.39 is 51.3 Å². The first-order valence-corrected chi connectivity index (χ1v) is 5.71. The van der Waals surface area contributed by atoms with Gasteiger partial charge in [-0.3, -0.25) is 0 Å². The van der Waals surface area contributed by atoms with Gasteiger partial charge in [0, 0.05) is 10.5 Å². The zero-order valence-corrected chi connectivity index (χ0v) is 10.6. The summed E-state index contributed by atoms with van der Waals surface area (Å²) in [6.07, 6.45) is -3.18. The number of hydrogen-bond donors (Lipinski definition) is 0. The van der Waals surface area contributed by atoms with E-state index in [0.29, 0.717) is 12.1 Å². The van der Waals surface area contributed by atoms with Gasteiger partial charge in [0.25, 0.3) is 6.43 Å². The van der Waals surface area contributed by atoms with Gasteiger partial charge in [0.15, 0.2) is 0 Å². The van der Waals surface area contributed by atoms with E-state index in [0.717, 1.165) is 7.11 Å². The molecular formula is C11H6F5NO2S. The van der Waals surface area contributed by atoms with Crippen LogP contribution in [0.25, 0.3) is 0 Å². The fourth-order valence-electron chi connectivity index (χ4n) is 1.36. The topological polar surface area (TPSA) is 50.1 Å². The van der Waals surface area contributed by atoms with Gasteiger partial charge in [-0.25, -0.2) is 13.6 Å². The summed E-state index contributed by atoms with van der Waals surface area (Å²) in [7, 11) is 0.933. The molecule has 0 fully saturated rings. The number of benzene rings is 1. The minimum Gasteiger partial charge on any atom is -0.465 e. The standard InChI is InChI=1S/C11H6F5NO2S/c1-19-10(18)7-2-5(4-17)8(20-11(14,15)16)3-6(7)9(12)13/h2-3,9H,1H3. The summed E-state index contributed by atoms with van der Waals surface area (Å²) in [4.78, 5) is 10.6. The van der Waals surface area contributed by atoms with Crippen LogP contribution in [0.1, 0.15) is 27.9 Å². The Bertz CT molecular complexity index is 565. The van der Waals surface area contributed by atoms with Crippen LogP contribution in [0, 0.1) is 11.3 Å². The largest absolute Gasteiger partial charge is 0.465 e. The molecule has 0 saturated heterocycles. The number of carbonyl (C=O) groups excluding carboxylic acids is 1. The van der Waals surface area contributed by atoms with Gasteiger partial charge in [-0.05, 0) is 23.9 Å². The van der Waals surface area contributed by atoms with Crippen molar-refractivity contribution < 1.29 is 31.5 Å².